The van der Waals surface area contributed by atoms with E-state index in [2.05, 4.69) is 13.2 Å². The van der Waals surface area contributed by atoms with Crippen molar-refractivity contribution in [1.82, 2.24) is 0 Å². The van der Waals surface area contributed by atoms with Crippen molar-refractivity contribution in [2.75, 3.05) is 0 Å². The molecule has 0 unspecified atom stereocenters. The first kappa shape index (κ1) is 18.8. The van der Waals surface area contributed by atoms with Gasteiger partial charge in [0, 0.05) is 11.1 Å². The second kappa shape index (κ2) is 10.1. The molecule has 0 saturated heterocycles. The van der Waals surface area contributed by atoms with Crippen molar-refractivity contribution >= 4 is 11.9 Å². The van der Waals surface area contributed by atoms with Gasteiger partial charge in [-0.3, -0.25) is 0 Å². The monoisotopic (exact) mass is 212 g/mol. The summed E-state index contributed by atoms with van der Waals surface area (Å²) in [6, 6.07) is 0. The number of aliphatic carboxylic acids is 2. The van der Waals surface area contributed by atoms with Gasteiger partial charge in [0.1, 0.15) is 0 Å². The number of carboxylic acid groups (broad SMARTS) is 2. The van der Waals surface area contributed by atoms with Crippen molar-refractivity contribution in [3.8, 4) is 0 Å². The topological polar surface area (TPSA) is 74.6 Å². The third-order valence-corrected chi connectivity index (χ3v) is 0.730. The fourth-order valence-electron chi connectivity index (χ4n) is 0. The van der Waals surface area contributed by atoms with Crippen molar-refractivity contribution in [3.63, 3.8) is 0 Å². The average molecular weight is 212 g/mol. The quantitative estimate of drug-likeness (QED) is 0.427. The molecule has 5 heteroatoms. The van der Waals surface area contributed by atoms with Crippen LogP contribution in [-0.2, 0) is 9.59 Å². The van der Waals surface area contributed by atoms with Crippen LogP contribution < -0.4 is 51.4 Å². The summed E-state index contributed by atoms with van der Waals surface area (Å²) >= 11 is 0. The molecule has 0 aromatic heterocycles. The van der Waals surface area contributed by atoms with E-state index in [1.807, 2.05) is 0 Å². The predicted octanol–water partition coefficient (Wildman–Crippen LogP) is -1.59. The Morgan fingerprint density at radius 1 is 1.00 bits per heavy atom. The molecule has 0 rings (SSSR count). The van der Waals surface area contributed by atoms with Crippen LogP contribution in [0.15, 0.2) is 24.3 Å². The summed E-state index contributed by atoms with van der Waals surface area (Å²) in [6.45, 7) is 9.20. The Kier molecular flexibility index (Phi) is 14.6. The summed E-state index contributed by atoms with van der Waals surface area (Å²) in [5.41, 5.74) is 0.352. The molecule has 0 bridgehead atoms. The molecule has 0 fully saturated rings. The molecule has 2 N–H and O–H groups in total. The van der Waals surface area contributed by atoms with Crippen LogP contribution in [0.5, 0.6) is 0 Å². The van der Waals surface area contributed by atoms with Crippen molar-refractivity contribution in [3.05, 3.63) is 24.3 Å². The Hall–Kier alpha value is 0.0564. The summed E-state index contributed by atoms with van der Waals surface area (Å²) in [4.78, 5) is 19.2. The summed E-state index contributed by atoms with van der Waals surface area (Å²) in [7, 11) is 0. The first-order chi connectivity index (χ1) is 5.29. The van der Waals surface area contributed by atoms with E-state index in [0.29, 0.717) is 0 Å². The maximum atomic E-state index is 9.60. The normalized spacial score (nSPS) is 6.92. The van der Waals surface area contributed by atoms with Gasteiger partial charge in [-0.05, 0) is 13.8 Å². The van der Waals surface area contributed by atoms with Gasteiger partial charge in [-0.25, -0.2) is 9.59 Å². The second-order valence-corrected chi connectivity index (χ2v) is 2.17. The Morgan fingerprint density at radius 3 is 1.08 bits per heavy atom. The average Bonchev–Trinajstić information content (AvgIpc) is 1.88. The molecule has 0 amide bonds. The summed E-state index contributed by atoms with van der Waals surface area (Å²) in [6.07, 6.45) is 0. The first-order valence-corrected chi connectivity index (χ1v) is 3.06. The van der Waals surface area contributed by atoms with E-state index in [1.54, 1.807) is 0 Å². The third-order valence-electron chi connectivity index (χ3n) is 0.730. The predicted molar refractivity (Wildman–Crippen MR) is 46.0 cm³/mol. The van der Waals surface area contributed by atoms with E-state index in [-0.39, 0.29) is 64.0 Å². The maximum Gasteiger partial charge on any atom is 1.00 e. The van der Waals surface area contributed by atoms with Gasteiger partial charge >= 0.3 is 63.3 Å². The largest absolute Gasteiger partial charge is 1.00 e. The van der Waals surface area contributed by atoms with Crippen molar-refractivity contribution in [2.24, 2.45) is 0 Å². The molecule has 0 heterocycles. The molecule has 0 spiro atoms. The van der Waals surface area contributed by atoms with Crippen molar-refractivity contribution in [2.45, 2.75) is 13.8 Å². The molecule has 0 aromatic rings. The van der Waals surface area contributed by atoms with Crippen LogP contribution in [0.25, 0.3) is 0 Å². The molecule has 0 aromatic carbocycles. The molecule has 0 atom stereocenters. The number of carbonyl (C=O) groups is 2. The van der Waals surface area contributed by atoms with E-state index in [9.17, 15) is 9.59 Å². The summed E-state index contributed by atoms with van der Waals surface area (Å²) in [5, 5.41) is 15.8. The summed E-state index contributed by atoms with van der Waals surface area (Å²) < 4.78 is 0. The number of rotatable bonds is 2. The van der Waals surface area contributed by atoms with Crippen LogP contribution in [0.2, 0.25) is 0 Å². The number of carboxylic acids is 2. The molecular weight excluding hydrogens is 199 g/mol. The Balaban J connectivity index is -0.0000000625. The molecule has 4 nitrogen and oxygen atoms in total. The van der Waals surface area contributed by atoms with Crippen LogP contribution in [-0.4, -0.2) is 22.2 Å². The minimum absolute atomic E-state index is 0. The van der Waals surface area contributed by atoms with E-state index >= 15 is 0 Å². The van der Waals surface area contributed by atoms with E-state index in [4.69, 9.17) is 10.2 Å². The smallest absolute Gasteiger partial charge is 1.00 e. The van der Waals surface area contributed by atoms with Crippen LogP contribution in [0.4, 0.5) is 0 Å². The molecule has 0 aliphatic carbocycles. The van der Waals surface area contributed by atoms with Crippen LogP contribution in [0, 0.1) is 0 Å². The number of hydrogen-bond donors (Lipinski definition) is 2. The Morgan fingerprint density at radius 2 is 1.08 bits per heavy atom. The maximum absolute atomic E-state index is 9.60. The SMILES string of the molecule is C=C(C)C(=O)O.C=C(C)C(=O)O.[H-].[K+]. The Labute approximate surface area is 121 Å². The molecule has 0 radical (unpaired) electrons. The molecule has 13 heavy (non-hydrogen) atoms. The van der Waals surface area contributed by atoms with Crippen molar-refractivity contribution < 1.29 is 72.6 Å². The second-order valence-electron chi connectivity index (χ2n) is 2.17. The minimum Gasteiger partial charge on any atom is -1.00 e. The third kappa shape index (κ3) is 18.8. The van der Waals surface area contributed by atoms with Gasteiger partial charge in [-0.1, -0.05) is 13.2 Å². The molecule has 0 aliphatic rings. The summed E-state index contributed by atoms with van der Waals surface area (Å²) in [5.74, 6) is -1.87. The fourth-order valence-corrected chi connectivity index (χ4v) is 0. The van der Waals surface area contributed by atoms with E-state index in [0.717, 1.165) is 0 Å². The molecule has 0 aliphatic heterocycles. The zero-order valence-electron chi connectivity index (χ0n) is 9.13. The van der Waals surface area contributed by atoms with Gasteiger partial charge in [0.25, 0.3) is 0 Å². The number of hydrogen-bond acceptors (Lipinski definition) is 2. The van der Waals surface area contributed by atoms with Gasteiger partial charge in [-0.2, -0.15) is 0 Å². The van der Waals surface area contributed by atoms with Gasteiger partial charge in [0.2, 0.25) is 0 Å². The van der Waals surface area contributed by atoms with Gasteiger partial charge < -0.3 is 11.6 Å². The fraction of sp³-hybridized carbons (Fsp3) is 0.250. The minimum atomic E-state index is -0.935. The molecule has 0 saturated carbocycles. The van der Waals surface area contributed by atoms with Crippen LogP contribution in [0.1, 0.15) is 15.3 Å². The zero-order chi connectivity index (χ0) is 10.3. The van der Waals surface area contributed by atoms with E-state index < -0.39 is 11.9 Å². The van der Waals surface area contributed by atoms with Gasteiger partial charge in [0.15, 0.2) is 0 Å². The first-order valence-electron chi connectivity index (χ1n) is 3.06. The standard InChI is InChI=1S/2C4H6O2.K.H/c2*1-3(2)4(5)6;;/h2*1H2,2H3,(H,5,6);;/q;;+1;-1. The van der Waals surface area contributed by atoms with Gasteiger partial charge in [-0.15, -0.1) is 0 Å². The van der Waals surface area contributed by atoms with Gasteiger partial charge in [0.05, 0.1) is 0 Å². The zero-order valence-corrected chi connectivity index (χ0v) is 11.2. The molecular formula is C8H13KO4. The molecule has 70 valence electrons. The van der Waals surface area contributed by atoms with E-state index in [1.165, 1.54) is 13.8 Å². The van der Waals surface area contributed by atoms with Crippen LogP contribution >= 0.6 is 0 Å². The van der Waals surface area contributed by atoms with Crippen molar-refractivity contribution in [1.29, 1.82) is 0 Å². The van der Waals surface area contributed by atoms with Crippen LogP contribution in [0.3, 0.4) is 0 Å². The Bertz CT molecular complexity index is 177.